The maximum Gasteiger partial charge on any atom is 0.311 e. The van der Waals surface area contributed by atoms with E-state index in [4.69, 9.17) is 40.6 Å². The predicted octanol–water partition coefficient (Wildman–Crippen LogP) is 4.03. The number of halogens is 1. The molecule has 0 radical (unpaired) electrons. The van der Waals surface area contributed by atoms with Gasteiger partial charge >= 0.3 is 5.97 Å². The van der Waals surface area contributed by atoms with Gasteiger partial charge in [0.05, 0.1) is 48.6 Å². The highest BCUT2D eigenvalue weighted by Crippen LogP contribution is 2.38. The van der Waals surface area contributed by atoms with Gasteiger partial charge in [-0.1, -0.05) is 26.8 Å². The largest absolute Gasteiger partial charge is 0.459 e. The van der Waals surface area contributed by atoms with Gasteiger partial charge in [-0.05, 0) is 125 Å². The molecule has 376 valence electrons. The third-order valence-corrected chi connectivity index (χ3v) is 13.4. The lowest BCUT2D eigenvalue weighted by Gasteiger charge is -2.47. The number of carbonyl (C=O) groups excluding carboxylic acids is 1. The van der Waals surface area contributed by atoms with Gasteiger partial charge in [-0.3, -0.25) is 9.69 Å². The highest BCUT2D eigenvalue weighted by molar-refractivity contribution is 7.80. The van der Waals surface area contributed by atoms with Crippen LogP contribution in [0.2, 0.25) is 0 Å². The smallest absolute Gasteiger partial charge is 0.311 e. The lowest BCUT2D eigenvalue weighted by atomic mass is 9.77. The van der Waals surface area contributed by atoms with Crippen LogP contribution in [0.3, 0.4) is 0 Å². The number of carbonyl (C=O) groups is 1. The molecule has 16 nitrogen and oxygen atoms in total. The number of cyclic esters (lactones) is 1. The van der Waals surface area contributed by atoms with E-state index in [1.165, 1.54) is 26.2 Å². The van der Waals surface area contributed by atoms with Gasteiger partial charge in [0.1, 0.15) is 29.7 Å². The van der Waals surface area contributed by atoms with Crippen molar-refractivity contribution >= 4 is 29.0 Å². The van der Waals surface area contributed by atoms with Gasteiger partial charge in [-0.2, -0.15) is 0 Å². The second-order valence-electron chi connectivity index (χ2n) is 19.3. The molecule has 0 amide bonds. The predicted molar refractivity (Wildman–Crippen MR) is 250 cm³/mol. The zero-order valence-electron chi connectivity index (χ0n) is 41.1. The molecule has 1 aromatic carbocycles. The average molecular weight is 947 g/mol. The molecule has 2 aliphatic heterocycles. The molecule has 2 fully saturated rings. The molecule has 1 aromatic rings. The van der Waals surface area contributed by atoms with Crippen LogP contribution in [0.4, 0.5) is 10.1 Å². The van der Waals surface area contributed by atoms with Crippen LogP contribution >= 0.6 is 12.2 Å². The van der Waals surface area contributed by atoms with Crippen LogP contribution in [0, 0.1) is 23.6 Å². The molecule has 0 aliphatic carbocycles. The molecule has 0 unspecified atom stereocenters. The molecule has 2 saturated heterocycles. The van der Waals surface area contributed by atoms with E-state index in [2.05, 4.69) is 10.6 Å². The van der Waals surface area contributed by atoms with Crippen molar-refractivity contribution in [3.05, 3.63) is 30.1 Å². The normalized spacial score (nSPS) is 36.2. The van der Waals surface area contributed by atoms with E-state index in [1.807, 2.05) is 37.7 Å². The van der Waals surface area contributed by atoms with Crippen molar-refractivity contribution in [2.45, 2.75) is 186 Å². The van der Waals surface area contributed by atoms with Gasteiger partial charge in [0.2, 0.25) is 0 Å². The fraction of sp³-hybridized carbons (Fsp3) is 0.830. The molecule has 17 atom stereocenters. The Hall–Kier alpha value is -2.17. The van der Waals surface area contributed by atoms with E-state index in [0.29, 0.717) is 43.3 Å². The van der Waals surface area contributed by atoms with Gasteiger partial charge in [-0.15, -0.1) is 0 Å². The summed E-state index contributed by atoms with van der Waals surface area (Å²) in [6, 6.07) is 4.98. The molecule has 0 aromatic heterocycles. The molecular formula is C47H83FN4O12S. The van der Waals surface area contributed by atoms with E-state index in [1.54, 1.807) is 60.6 Å². The average Bonchev–Trinajstić information content (AvgIpc) is 3.22. The zero-order valence-corrected chi connectivity index (χ0v) is 41.9. The lowest BCUT2D eigenvalue weighted by Crippen LogP contribution is -2.59. The van der Waals surface area contributed by atoms with Crippen molar-refractivity contribution in [3.63, 3.8) is 0 Å². The minimum absolute atomic E-state index is 0.152. The number of nitrogens with zero attached hydrogens (tertiary/aromatic N) is 2. The minimum atomic E-state index is -1.91. The van der Waals surface area contributed by atoms with Crippen molar-refractivity contribution < 1.29 is 63.1 Å². The van der Waals surface area contributed by atoms with Crippen molar-refractivity contribution in [1.82, 2.24) is 15.1 Å². The van der Waals surface area contributed by atoms with Gasteiger partial charge < -0.3 is 69.5 Å². The van der Waals surface area contributed by atoms with E-state index in [0.717, 1.165) is 0 Å². The SMILES string of the molecule is CC[C@H]1OC(=O)[C@H](C)[C@@H](O[C@@H](CCOC)O[C@@H](C)[C@@H](C)O)[C@H](C)[C@@H](O[C@@H]2O[C@H](C)C[C@H](N(C)C)[C@H]2O)[C@](C)(O)C[C@@H](C)CN(CCCNC(=S)Nc2cccc(F)c2)[C@H](C)[C@@H](O)[C@]1(C)O. The van der Waals surface area contributed by atoms with Gasteiger partial charge in [0.15, 0.2) is 17.7 Å². The summed E-state index contributed by atoms with van der Waals surface area (Å²) in [7, 11) is 5.28. The number of aliphatic hydroxyl groups excluding tert-OH is 3. The van der Waals surface area contributed by atoms with E-state index < -0.39 is 96.2 Å². The summed E-state index contributed by atoms with van der Waals surface area (Å²) in [5.41, 5.74) is -3.06. The number of methoxy groups -OCH3 is 1. The summed E-state index contributed by atoms with van der Waals surface area (Å²) in [6.07, 6.45) is -8.21. The number of thiocarbonyl (C=S) groups is 1. The highest BCUT2D eigenvalue weighted by atomic mass is 32.1. The Morgan fingerprint density at radius 2 is 1.80 bits per heavy atom. The minimum Gasteiger partial charge on any atom is -0.459 e. The van der Waals surface area contributed by atoms with Crippen LogP contribution in [0.1, 0.15) is 101 Å². The third kappa shape index (κ3) is 16.5. The quantitative estimate of drug-likeness (QED) is 0.0510. The topological polar surface area (TPSA) is 204 Å². The van der Waals surface area contributed by atoms with Crippen molar-refractivity contribution in [1.29, 1.82) is 0 Å². The Balaban J connectivity index is 2.11. The van der Waals surface area contributed by atoms with Crippen LogP contribution in [0.25, 0.3) is 0 Å². The Morgan fingerprint density at radius 1 is 1.12 bits per heavy atom. The Morgan fingerprint density at radius 3 is 2.40 bits per heavy atom. The van der Waals surface area contributed by atoms with Gasteiger partial charge in [0.25, 0.3) is 0 Å². The van der Waals surface area contributed by atoms with Crippen LogP contribution in [0.15, 0.2) is 24.3 Å². The second kappa shape index (κ2) is 26.0. The van der Waals surface area contributed by atoms with Crippen LogP contribution in [0.5, 0.6) is 0 Å². The molecule has 0 spiro atoms. The maximum atomic E-state index is 14.5. The molecule has 18 heteroatoms. The lowest BCUT2D eigenvalue weighted by molar-refractivity contribution is -0.306. The first-order valence-corrected chi connectivity index (χ1v) is 23.8. The Kier molecular flexibility index (Phi) is 22.8. The molecule has 2 aliphatic rings. The molecule has 0 bridgehead atoms. The number of ether oxygens (including phenoxy) is 6. The first-order valence-electron chi connectivity index (χ1n) is 23.3. The van der Waals surface area contributed by atoms with Gasteiger partial charge in [-0.25, -0.2) is 4.39 Å². The number of nitrogens with one attached hydrogen (secondary N) is 2. The number of esters is 1. The summed E-state index contributed by atoms with van der Waals surface area (Å²) >= 11 is 5.46. The van der Waals surface area contributed by atoms with E-state index in [9.17, 15) is 34.7 Å². The van der Waals surface area contributed by atoms with Crippen LogP contribution in [-0.2, 0) is 33.2 Å². The standard InChI is InChI=1S/C47H83FN4O12S/c1-14-37-47(10,58)41(55)31(6)52(21-16-20-49-45(65)50-35-18-15-17-34(48)24-35)26-27(2)25-46(9,57)42(64-44-39(54)36(51(11)12)23-28(3)60-44)29(4)40(30(5)43(56)62-37)63-38(19-22-59-13)61-33(8)32(7)53/h15,17-18,24,27-33,36-42,44,53-55,57-58H,14,16,19-23,25-26H2,1-13H3,(H2,49,50,65)/t27-,28-,29+,30-,31-,32-,33+,36+,37-,38+,39-,40+,41-,42-,44+,46-,47-/m1/s1. The summed E-state index contributed by atoms with van der Waals surface area (Å²) in [6.45, 7) is 18.7. The molecule has 0 saturated carbocycles. The van der Waals surface area contributed by atoms with Crippen molar-refractivity contribution in [2.75, 3.05) is 52.8 Å². The van der Waals surface area contributed by atoms with Crippen molar-refractivity contribution in [3.8, 4) is 0 Å². The third-order valence-electron chi connectivity index (χ3n) is 13.2. The number of anilines is 1. The molecule has 3 rings (SSSR count). The number of rotatable bonds is 17. The first kappa shape index (κ1) is 57.1. The Bertz CT molecular complexity index is 1600. The summed E-state index contributed by atoms with van der Waals surface area (Å²) in [4.78, 5) is 18.5. The van der Waals surface area contributed by atoms with E-state index >= 15 is 0 Å². The first-order chi connectivity index (χ1) is 30.3. The van der Waals surface area contributed by atoms with Gasteiger partial charge in [0, 0.05) is 56.9 Å². The highest BCUT2D eigenvalue weighted by Gasteiger charge is 2.51. The van der Waals surface area contributed by atoms with Crippen LogP contribution < -0.4 is 10.6 Å². The Labute approximate surface area is 392 Å². The number of likely N-dealkylation sites (N-methyl/N-ethyl adjacent to an activating group) is 1. The fourth-order valence-electron chi connectivity index (χ4n) is 9.27. The monoisotopic (exact) mass is 947 g/mol. The number of hydrogen-bond donors (Lipinski definition) is 7. The molecule has 2 heterocycles. The second-order valence-corrected chi connectivity index (χ2v) is 19.7. The maximum absolute atomic E-state index is 14.5. The zero-order chi connectivity index (χ0) is 49.0. The molecule has 65 heavy (non-hydrogen) atoms. The fourth-order valence-corrected chi connectivity index (χ4v) is 9.49. The van der Waals surface area contributed by atoms with Crippen LogP contribution in [-0.4, -0.2) is 179 Å². The van der Waals surface area contributed by atoms with E-state index in [-0.39, 0.29) is 43.9 Å². The van der Waals surface area contributed by atoms with Crippen molar-refractivity contribution in [2.24, 2.45) is 17.8 Å². The molecule has 7 N–H and O–H groups in total. The number of aliphatic hydroxyl groups is 5. The number of hydrogen-bond acceptors (Lipinski definition) is 15. The number of benzene rings is 1. The molecular weight excluding hydrogens is 864 g/mol. The summed E-state index contributed by atoms with van der Waals surface area (Å²) in [5.74, 6) is -3.27. The summed E-state index contributed by atoms with van der Waals surface area (Å²) < 4.78 is 51.4. The summed E-state index contributed by atoms with van der Waals surface area (Å²) in [5, 5.41) is 65.6.